The van der Waals surface area contributed by atoms with Gasteiger partial charge in [0, 0.05) is 19.3 Å². The lowest BCUT2D eigenvalue weighted by Gasteiger charge is -2.50. The van der Waals surface area contributed by atoms with Gasteiger partial charge < -0.3 is 84.8 Å². The fraction of sp³-hybridized carbons (Fsp3) is 0.852. The second-order valence-corrected chi connectivity index (χ2v) is 11.4. The molecule has 3 fully saturated rings. The van der Waals surface area contributed by atoms with Crippen LogP contribution in [0.25, 0.3) is 0 Å². The third-order valence-corrected chi connectivity index (χ3v) is 8.17. The van der Waals surface area contributed by atoms with Crippen LogP contribution in [0.15, 0.2) is 0 Å². The molecule has 0 radical (unpaired) electrons. The summed E-state index contributed by atoms with van der Waals surface area (Å²) in [7, 11) is 0. The minimum atomic E-state index is -2.87. The van der Waals surface area contributed by atoms with Gasteiger partial charge in [0.25, 0.3) is 5.79 Å². The molecule has 0 aliphatic carbocycles. The van der Waals surface area contributed by atoms with E-state index in [4.69, 9.17) is 34.8 Å². The molecular weight excluding hydrogens is 626 g/mol. The monoisotopic (exact) mass is 669 g/mol. The number of ether oxygens (including phenoxy) is 6. The number of carboxylic acid groups (broad SMARTS) is 1. The SMILES string of the molecule is C#CCO[C@@H]1OC(CO)[C@H](O[C@H]2O[C@H](CO)[C@@H](O)C(O[C@]3(C(=O)O)C[C@H](O)[C@@H](C)C([C@H](O)[C@H](O)CO)O3)C2O)[C@H](O)C1NC(C)=O. The van der Waals surface area contributed by atoms with Gasteiger partial charge in [-0.2, -0.15) is 0 Å². The number of terminal acetylenes is 1. The van der Waals surface area contributed by atoms with E-state index in [0.29, 0.717) is 0 Å². The predicted molar refractivity (Wildman–Crippen MR) is 146 cm³/mol. The summed E-state index contributed by atoms with van der Waals surface area (Å²) in [5.41, 5.74) is 0. The van der Waals surface area contributed by atoms with Crippen LogP contribution in [0.1, 0.15) is 20.3 Å². The molecule has 264 valence electrons. The first-order valence-electron chi connectivity index (χ1n) is 14.4. The zero-order valence-corrected chi connectivity index (χ0v) is 25.0. The summed E-state index contributed by atoms with van der Waals surface area (Å²) in [6.45, 7) is -0.446. The lowest BCUT2D eigenvalue weighted by molar-refractivity contribution is -0.384. The first-order chi connectivity index (χ1) is 21.7. The van der Waals surface area contributed by atoms with Crippen molar-refractivity contribution in [3.8, 4) is 12.3 Å². The van der Waals surface area contributed by atoms with Gasteiger partial charge in [-0.25, -0.2) is 4.79 Å². The fourth-order valence-electron chi connectivity index (χ4n) is 5.60. The zero-order valence-electron chi connectivity index (χ0n) is 25.0. The van der Waals surface area contributed by atoms with Gasteiger partial charge in [-0.3, -0.25) is 4.79 Å². The number of carboxylic acids is 1. The number of rotatable bonds is 13. The summed E-state index contributed by atoms with van der Waals surface area (Å²) in [5, 5.41) is 106. The van der Waals surface area contributed by atoms with Crippen molar-refractivity contribution in [1.29, 1.82) is 0 Å². The van der Waals surface area contributed by atoms with Crippen molar-refractivity contribution in [3.63, 3.8) is 0 Å². The van der Waals surface area contributed by atoms with Crippen molar-refractivity contribution in [2.45, 2.75) is 112 Å². The first kappa shape index (κ1) is 38.3. The third-order valence-electron chi connectivity index (χ3n) is 8.17. The van der Waals surface area contributed by atoms with Gasteiger partial charge in [0.2, 0.25) is 5.91 Å². The minimum absolute atomic E-state index is 0.297. The topological polar surface area (TPSA) is 304 Å². The third kappa shape index (κ3) is 8.12. The maximum atomic E-state index is 12.6. The first-order valence-corrected chi connectivity index (χ1v) is 14.4. The number of carbonyl (C=O) groups is 2. The van der Waals surface area contributed by atoms with Gasteiger partial charge in [0.15, 0.2) is 12.6 Å². The molecular formula is C27H43NO18. The van der Waals surface area contributed by atoms with E-state index in [2.05, 4.69) is 11.2 Å². The van der Waals surface area contributed by atoms with Gasteiger partial charge in [-0.05, 0) is 0 Å². The van der Waals surface area contributed by atoms with E-state index in [1.54, 1.807) is 0 Å². The molecule has 19 heteroatoms. The molecule has 1 amide bonds. The number of nitrogens with one attached hydrogen (secondary N) is 1. The summed E-state index contributed by atoms with van der Waals surface area (Å²) in [6, 6.07) is -1.32. The van der Waals surface area contributed by atoms with Gasteiger partial charge in [0.1, 0.15) is 67.6 Å². The Morgan fingerprint density at radius 1 is 1.00 bits per heavy atom. The van der Waals surface area contributed by atoms with Gasteiger partial charge in [-0.1, -0.05) is 12.8 Å². The van der Waals surface area contributed by atoms with E-state index in [1.807, 2.05) is 0 Å². The number of carbonyl (C=O) groups excluding carboxylic acids is 1. The number of amides is 1. The molecule has 46 heavy (non-hydrogen) atoms. The Morgan fingerprint density at radius 3 is 2.17 bits per heavy atom. The number of aliphatic carboxylic acids is 1. The molecule has 3 heterocycles. The van der Waals surface area contributed by atoms with Crippen LogP contribution in [0.2, 0.25) is 0 Å². The van der Waals surface area contributed by atoms with Gasteiger partial charge in [-0.15, -0.1) is 6.42 Å². The van der Waals surface area contributed by atoms with Crippen LogP contribution in [0.3, 0.4) is 0 Å². The van der Waals surface area contributed by atoms with Crippen LogP contribution >= 0.6 is 0 Å². The molecule has 5 unspecified atom stereocenters. The average molecular weight is 670 g/mol. The van der Waals surface area contributed by atoms with E-state index in [0.717, 1.165) is 6.92 Å². The Hall–Kier alpha value is -2.10. The van der Waals surface area contributed by atoms with Crippen molar-refractivity contribution in [2.75, 3.05) is 26.4 Å². The molecule has 3 rings (SSSR count). The lowest BCUT2D eigenvalue weighted by atomic mass is 9.84. The molecule has 0 bridgehead atoms. The van der Waals surface area contributed by atoms with E-state index in [-0.39, 0.29) is 6.61 Å². The number of hydrogen-bond donors (Lipinski definition) is 11. The van der Waals surface area contributed by atoms with E-state index in [9.17, 15) is 60.7 Å². The highest BCUT2D eigenvalue weighted by atomic mass is 16.8. The maximum Gasteiger partial charge on any atom is 0.364 e. The largest absolute Gasteiger partial charge is 0.477 e. The van der Waals surface area contributed by atoms with Gasteiger partial charge in [0.05, 0.1) is 32.0 Å². The molecule has 3 aliphatic rings. The molecule has 11 N–H and O–H groups in total. The smallest absolute Gasteiger partial charge is 0.364 e. The number of hydrogen-bond acceptors (Lipinski definition) is 17. The van der Waals surface area contributed by atoms with Crippen molar-refractivity contribution in [1.82, 2.24) is 5.32 Å². The summed E-state index contributed by atoms with van der Waals surface area (Å²) >= 11 is 0. The molecule has 0 saturated carbocycles. The Kier molecular flexibility index (Phi) is 13.6. The second kappa shape index (κ2) is 16.3. The molecule has 0 aromatic carbocycles. The van der Waals surface area contributed by atoms with E-state index < -0.39 is 136 Å². The Bertz CT molecular complexity index is 1060. The number of aliphatic hydroxyl groups is 9. The molecule has 3 aliphatic heterocycles. The maximum absolute atomic E-state index is 12.6. The molecule has 0 aromatic heterocycles. The molecule has 19 nitrogen and oxygen atoms in total. The van der Waals surface area contributed by atoms with Gasteiger partial charge >= 0.3 is 5.97 Å². The average Bonchev–Trinajstić information content (AvgIpc) is 3.02. The second-order valence-electron chi connectivity index (χ2n) is 11.4. The van der Waals surface area contributed by atoms with Crippen molar-refractivity contribution >= 4 is 11.9 Å². The summed E-state index contributed by atoms with van der Waals surface area (Å²) in [6.07, 6.45) is -18.2. The minimum Gasteiger partial charge on any atom is -0.477 e. The van der Waals surface area contributed by atoms with Crippen LogP contribution in [0, 0.1) is 18.3 Å². The summed E-state index contributed by atoms with van der Waals surface area (Å²) in [4.78, 5) is 24.4. The highest BCUT2D eigenvalue weighted by molar-refractivity contribution is 5.76. The quantitative estimate of drug-likeness (QED) is 0.0813. The highest BCUT2D eigenvalue weighted by Gasteiger charge is 2.59. The van der Waals surface area contributed by atoms with E-state index in [1.165, 1.54) is 6.92 Å². The summed E-state index contributed by atoms with van der Waals surface area (Å²) in [5.74, 6) is -4.16. The molecule has 3 saturated heterocycles. The number of aliphatic hydroxyl groups excluding tert-OH is 9. The molecule has 16 atom stereocenters. The molecule has 0 spiro atoms. The van der Waals surface area contributed by atoms with Crippen molar-refractivity contribution in [3.05, 3.63) is 0 Å². The van der Waals surface area contributed by atoms with Crippen LogP contribution in [-0.4, -0.2) is 181 Å². The van der Waals surface area contributed by atoms with Crippen LogP contribution in [0.5, 0.6) is 0 Å². The Morgan fingerprint density at radius 2 is 1.63 bits per heavy atom. The van der Waals surface area contributed by atoms with Crippen molar-refractivity contribution < 1.29 is 89.1 Å². The van der Waals surface area contributed by atoms with Crippen molar-refractivity contribution in [2.24, 2.45) is 5.92 Å². The fourth-order valence-corrected chi connectivity index (χ4v) is 5.60. The molecule has 0 aromatic rings. The van der Waals surface area contributed by atoms with Crippen LogP contribution < -0.4 is 5.32 Å². The summed E-state index contributed by atoms with van der Waals surface area (Å²) < 4.78 is 33.5. The Labute approximate surface area is 263 Å². The van der Waals surface area contributed by atoms with E-state index >= 15 is 0 Å². The van der Waals surface area contributed by atoms with Crippen LogP contribution in [-0.2, 0) is 38.0 Å². The normalized spacial score (nSPS) is 42.9. The Balaban J connectivity index is 1.92. The highest BCUT2D eigenvalue weighted by Crippen LogP contribution is 2.40. The standard InChI is InChI=1S/C27H43NO18/c1-4-5-41-24-16(28-11(3)32)19(37)22(15(9-31)43-24)44-25-20(38)23(18(36)14(8-30)42-25)46-27(26(39)40)6-12(33)10(2)21(45-27)17(35)13(34)7-29/h1,10,12-25,29-31,33-38H,5-9H2,2-3H3,(H,28,32)(H,39,40)/t10-,12+,13-,14-,15?,16?,17-,18-,19-,20?,21?,22+,23?,24-,25-,27+/m1/s1. The van der Waals surface area contributed by atoms with Crippen LogP contribution in [0.4, 0.5) is 0 Å². The lowest BCUT2D eigenvalue weighted by Crippen LogP contribution is -2.69. The predicted octanol–water partition coefficient (Wildman–Crippen LogP) is -6.29. The zero-order chi connectivity index (χ0) is 34.5.